The Labute approximate surface area is 157 Å². The second-order valence-corrected chi connectivity index (χ2v) is 6.78. The lowest BCUT2D eigenvalue weighted by molar-refractivity contribution is 0.0515. The highest BCUT2D eigenvalue weighted by Gasteiger charge is 2.21. The number of aromatic nitrogens is 4. The molecule has 3 aromatic rings. The van der Waals surface area contributed by atoms with Gasteiger partial charge in [0.25, 0.3) is 0 Å². The predicted octanol–water partition coefficient (Wildman–Crippen LogP) is 3.79. The molecule has 0 atom stereocenters. The average Bonchev–Trinajstić information content (AvgIpc) is 3.20. The summed E-state index contributed by atoms with van der Waals surface area (Å²) in [6.45, 7) is 2.17. The summed E-state index contributed by atoms with van der Waals surface area (Å²) in [7, 11) is 0. The molecule has 0 aromatic carbocycles. The minimum Gasteiger partial charge on any atom is -0.471 e. The molecule has 10 heteroatoms. The van der Waals surface area contributed by atoms with Crippen LogP contribution in [0.1, 0.15) is 22.3 Å². The summed E-state index contributed by atoms with van der Waals surface area (Å²) in [6.07, 6.45) is 3.17. The fourth-order valence-corrected chi connectivity index (χ4v) is 3.06. The molecule has 0 spiro atoms. The summed E-state index contributed by atoms with van der Waals surface area (Å²) < 4.78 is 12.4. The Kier molecular flexibility index (Phi) is 5.52. The van der Waals surface area contributed by atoms with Crippen molar-refractivity contribution in [1.29, 1.82) is 0 Å². The van der Waals surface area contributed by atoms with Gasteiger partial charge in [0.1, 0.15) is 6.61 Å². The van der Waals surface area contributed by atoms with Crippen LogP contribution in [0.3, 0.4) is 0 Å². The van der Waals surface area contributed by atoms with Gasteiger partial charge in [-0.1, -0.05) is 23.2 Å². The molecule has 25 heavy (non-hydrogen) atoms. The fraction of sp³-hybridized carbons (Fsp3) is 0.200. The first-order valence-corrected chi connectivity index (χ1v) is 8.76. The van der Waals surface area contributed by atoms with Gasteiger partial charge in [0.15, 0.2) is 16.0 Å². The van der Waals surface area contributed by atoms with Gasteiger partial charge in [0.05, 0.1) is 16.5 Å². The third kappa shape index (κ3) is 4.09. The lowest BCUT2D eigenvalue weighted by atomic mass is 10.4. The molecule has 7 nitrogen and oxygen atoms in total. The van der Waals surface area contributed by atoms with Gasteiger partial charge in [-0.05, 0) is 19.1 Å². The van der Waals surface area contributed by atoms with Crippen LogP contribution >= 0.6 is 34.5 Å². The SMILES string of the molecule is CCOC(=O)c1cc(OCc2cnc(Cl)s2)nn1-c1ncccc1Cl. The fourth-order valence-electron chi connectivity index (χ4n) is 1.97. The topological polar surface area (TPSA) is 79.1 Å². The Morgan fingerprint density at radius 2 is 2.20 bits per heavy atom. The van der Waals surface area contributed by atoms with Crippen LogP contribution in [-0.2, 0) is 11.3 Å². The van der Waals surface area contributed by atoms with Crippen LogP contribution in [-0.4, -0.2) is 32.3 Å². The zero-order valence-corrected chi connectivity index (χ0v) is 15.3. The van der Waals surface area contributed by atoms with E-state index in [1.165, 1.54) is 22.1 Å². The minimum absolute atomic E-state index is 0.166. The molecule has 3 heterocycles. The number of carbonyl (C=O) groups excluding carboxylic acids is 1. The zero-order valence-electron chi connectivity index (χ0n) is 13.0. The highest BCUT2D eigenvalue weighted by atomic mass is 35.5. The quantitative estimate of drug-likeness (QED) is 0.587. The number of ether oxygens (including phenoxy) is 2. The molecule has 0 unspecified atom stereocenters. The van der Waals surface area contributed by atoms with E-state index in [2.05, 4.69) is 15.1 Å². The van der Waals surface area contributed by atoms with E-state index in [0.29, 0.717) is 15.3 Å². The van der Waals surface area contributed by atoms with Crippen LogP contribution < -0.4 is 4.74 Å². The lowest BCUT2D eigenvalue weighted by Crippen LogP contribution is -2.13. The van der Waals surface area contributed by atoms with E-state index in [1.807, 2.05) is 0 Å². The number of nitrogens with zero attached hydrogens (tertiary/aromatic N) is 4. The van der Waals surface area contributed by atoms with Gasteiger partial charge in [-0.25, -0.2) is 19.4 Å². The van der Waals surface area contributed by atoms with E-state index in [1.54, 1.807) is 31.5 Å². The van der Waals surface area contributed by atoms with Crippen molar-refractivity contribution in [3.05, 3.63) is 50.7 Å². The van der Waals surface area contributed by atoms with Gasteiger partial charge in [-0.3, -0.25) is 0 Å². The van der Waals surface area contributed by atoms with Crippen molar-refractivity contribution in [2.45, 2.75) is 13.5 Å². The maximum absolute atomic E-state index is 12.2. The molecule has 0 saturated heterocycles. The molecule has 0 saturated carbocycles. The molecule has 3 rings (SSSR count). The third-order valence-corrected chi connectivity index (χ3v) is 4.38. The van der Waals surface area contributed by atoms with Crippen LogP contribution in [0.15, 0.2) is 30.6 Å². The summed E-state index contributed by atoms with van der Waals surface area (Å²) in [5.41, 5.74) is 0.166. The number of rotatable bonds is 6. The van der Waals surface area contributed by atoms with Crippen LogP contribution in [0.2, 0.25) is 9.49 Å². The number of hydrogen-bond acceptors (Lipinski definition) is 7. The average molecular weight is 399 g/mol. The smallest absolute Gasteiger partial charge is 0.357 e. The van der Waals surface area contributed by atoms with Gasteiger partial charge in [-0.2, -0.15) is 0 Å². The van der Waals surface area contributed by atoms with Crippen LogP contribution in [0.4, 0.5) is 0 Å². The first kappa shape index (κ1) is 17.7. The molecule has 0 aliphatic rings. The Hall–Kier alpha value is -2.16. The van der Waals surface area contributed by atoms with Gasteiger partial charge < -0.3 is 9.47 Å². The van der Waals surface area contributed by atoms with E-state index in [0.717, 1.165) is 4.88 Å². The molecule has 3 aromatic heterocycles. The van der Waals surface area contributed by atoms with Crippen LogP contribution in [0, 0.1) is 0 Å². The maximum Gasteiger partial charge on any atom is 0.357 e. The molecule has 0 bridgehead atoms. The molecule has 130 valence electrons. The standard InChI is InChI=1S/C15H12Cl2N4O3S/c1-2-23-14(22)11-6-12(24-8-9-7-19-15(17)25-9)20-21(11)13-10(16)4-3-5-18-13/h3-7H,2,8H2,1H3. The second kappa shape index (κ2) is 7.81. The molecule has 0 amide bonds. The largest absolute Gasteiger partial charge is 0.471 e. The maximum atomic E-state index is 12.2. The van der Waals surface area contributed by atoms with E-state index >= 15 is 0 Å². The van der Waals surface area contributed by atoms with Crippen molar-refractivity contribution in [3.63, 3.8) is 0 Å². The normalized spacial score (nSPS) is 10.7. The van der Waals surface area contributed by atoms with Gasteiger partial charge in [0, 0.05) is 18.5 Å². The molecular formula is C15H12Cl2N4O3S. The van der Waals surface area contributed by atoms with E-state index < -0.39 is 5.97 Å². The van der Waals surface area contributed by atoms with E-state index in [4.69, 9.17) is 32.7 Å². The van der Waals surface area contributed by atoms with Crippen molar-refractivity contribution in [3.8, 4) is 11.7 Å². The highest BCUT2D eigenvalue weighted by molar-refractivity contribution is 7.15. The van der Waals surface area contributed by atoms with Gasteiger partial charge in [0.2, 0.25) is 5.88 Å². The Morgan fingerprint density at radius 1 is 1.36 bits per heavy atom. The number of halogens is 2. The van der Waals surface area contributed by atoms with Crippen molar-refractivity contribution in [2.24, 2.45) is 0 Å². The van der Waals surface area contributed by atoms with Gasteiger partial charge >= 0.3 is 5.97 Å². The number of thiazole rings is 1. The first-order valence-electron chi connectivity index (χ1n) is 7.19. The molecule has 0 fully saturated rings. The minimum atomic E-state index is -0.549. The predicted molar refractivity (Wildman–Crippen MR) is 93.8 cm³/mol. The van der Waals surface area contributed by atoms with Crippen molar-refractivity contribution in [2.75, 3.05) is 6.61 Å². The molecule has 0 aliphatic carbocycles. The van der Waals surface area contributed by atoms with E-state index in [-0.39, 0.29) is 24.8 Å². The Balaban J connectivity index is 1.91. The molecule has 0 radical (unpaired) electrons. The highest BCUT2D eigenvalue weighted by Crippen LogP contribution is 2.24. The zero-order chi connectivity index (χ0) is 17.8. The summed E-state index contributed by atoms with van der Waals surface area (Å²) in [5.74, 6) is -0.00963. The molecule has 0 aliphatic heterocycles. The second-order valence-electron chi connectivity index (χ2n) is 4.68. The van der Waals surface area contributed by atoms with Crippen molar-refractivity contribution in [1.82, 2.24) is 19.7 Å². The lowest BCUT2D eigenvalue weighted by Gasteiger charge is -2.06. The first-order chi connectivity index (χ1) is 12.1. The van der Waals surface area contributed by atoms with Crippen LogP contribution in [0.25, 0.3) is 5.82 Å². The summed E-state index contributed by atoms with van der Waals surface area (Å²) in [5, 5.41) is 4.61. The van der Waals surface area contributed by atoms with Crippen LogP contribution in [0.5, 0.6) is 5.88 Å². The molecular weight excluding hydrogens is 387 g/mol. The number of hydrogen-bond donors (Lipinski definition) is 0. The Bertz CT molecular complexity index is 897. The molecule has 0 N–H and O–H groups in total. The summed E-state index contributed by atoms with van der Waals surface area (Å²) in [4.78, 5) is 21.1. The Morgan fingerprint density at radius 3 is 2.88 bits per heavy atom. The summed E-state index contributed by atoms with van der Waals surface area (Å²) >= 11 is 13.3. The number of esters is 1. The monoisotopic (exact) mass is 398 g/mol. The summed E-state index contributed by atoms with van der Waals surface area (Å²) in [6, 6.07) is 4.82. The van der Waals surface area contributed by atoms with Crippen molar-refractivity contribution < 1.29 is 14.3 Å². The number of pyridine rings is 1. The van der Waals surface area contributed by atoms with E-state index in [9.17, 15) is 4.79 Å². The van der Waals surface area contributed by atoms with Gasteiger partial charge in [-0.15, -0.1) is 16.4 Å². The third-order valence-electron chi connectivity index (χ3n) is 3.00. The number of carbonyl (C=O) groups is 1. The van der Waals surface area contributed by atoms with Crippen molar-refractivity contribution >= 4 is 40.5 Å².